The molecule has 1 amide bonds. The molecule has 0 fully saturated rings. The van der Waals surface area contributed by atoms with E-state index >= 15 is 0 Å². The summed E-state index contributed by atoms with van der Waals surface area (Å²) in [7, 11) is 1.77. The van der Waals surface area contributed by atoms with Crippen LogP contribution in [0.25, 0.3) is 0 Å². The lowest BCUT2D eigenvalue weighted by Crippen LogP contribution is -2.28. The van der Waals surface area contributed by atoms with Crippen molar-refractivity contribution in [1.82, 2.24) is 5.32 Å². The van der Waals surface area contributed by atoms with Crippen LogP contribution in [0.3, 0.4) is 0 Å². The molecule has 2 N–H and O–H groups in total. The molecule has 0 heterocycles. The average molecular weight is 305 g/mol. The third kappa shape index (κ3) is 5.75. The van der Waals surface area contributed by atoms with Crippen molar-refractivity contribution >= 4 is 24.0 Å². The van der Waals surface area contributed by atoms with Crippen LogP contribution in [0.4, 0.5) is 10.1 Å². The molecule has 0 spiro atoms. The Morgan fingerprint density at radius 3 is 2.50 bits per heavy atom. The second-order valence-corrected chi connectivity index (χ2v) is 4.76. The third-order valence-electron chi connectivity index (χ3n) is 2.53. The Bertz CT molecular complexity index is 441. The van der Waals surface area contributed by atoms with Crippen LogP contribution in [0, 0.1) is 11.7 Å². The number of anilines is 1. The van der Waals surface area contributed by atoms with Crippen LogP contribution >= 0.6 is 12.4 Å². The fourth-order valence-electron chi connectivity index (χ4n) is 1.60. The van der Waals surface area contributed by atoms with Gasteiger partial charge in [-0.15, -0.1) is 12.4 Å². The number of nitrogens with one attached hydrogen (secondary N) is 2. The molecule has 1 atom stereocenters. The number of hydrogen-bond acceptors (Lipinski definition) is 3. The Labute approximate surface area is 125 Å². The molecule has 1 rings (SSSR count). The summed E-state index contributed by atoms with van der Waals surface area (Å²) in [5.41, 5.74) is 0.170. The van der Waals surface area contributed by atoms with Crippen LogP contribution in [0.1, 0.15) is 20.8 Å². The lowest BCUT2D eigenvalue weighted by molar-refractivity contribution is -0.119. The molecular weight excluding hydrogens is 283 g/mol. The molecule has 0 aromatic heterocycles. The van der Waals surface area contributed by atoms with Crippen LogP contribution < -0.4 is 15.4 Å². The molecule has 114 valence electrons. The highest BCUT2D eigenvalue weighted by Crippen LogP contribution is 2.22. The summed E-state index contributed by atoms with van der Waals surface area (Å²) in [5.74, 6) is -0.487. The predicted molar refractivity (Wildman–Crippen MR) is 81.1 cm³/mol. The van der Waals surface area contributed by atoms with E-state index in [2.05, 4.69) is 10.6 Å². The minimum absolute atomic E-state index is 0. The first-order valence-corrected chi connectivity index (χ1v) is 6.35. The fraction of sp³-hybridized carbons (Fsp3) is 0.500. The molecule has 20 heavy (non-hydrogen) atoms. The van der Waals surface area contributed by atoms with Gasteiger partial charge < -0.3 is 15.4 Å². The molecule has 0 saturated carbocycles. The van der Waals surface area contributed by atoms with Gasteiger partial charge in [-0.25, -0.2) is 4.39 Å². The topological polar surface area (TPSA) is 50.4 Å². The zero-order chi connectivity index (χ0) is 14.4. The Morgan fingerprint density at radius 1 is 1.35 bits per heavy atom. The van der Waals surface area contributed by atoms with E-state index in [0.29, 0.717) is 12.3 Å². The molecule has 0 bridgehead atoms. The summed E-state index contributed by atoms with van der Waals surface area (Å²) in [4.78, 5) is 11.8. The molecule has 0 aliphatic heterocycles. The first kappa shape index (κ1) is 18.7. The molecule has 0 aliphatic rings. The van der Waals surface area contributed by atoms with Crippen molar-refractivity contribution in [3.8, 4) is 5.75 Å². The van der Waals surface area contributed by atoms with Crippen molar-refractivity contribution in [3.63, 3.8) is 0 Å². The van der Waals surface area contributed by atoms with Gasteiger partial charge in [0.2, 0.25) is 5.91 Å². The van der Waals surface area contributed by atoms with Crippen LogP contribution in [0.5, 0.6) is 5.75 Å². The number of rotatable bonds is 6. The summed E-state index contributed by atoms with van der Waals surface area (Å²) in [5, 5.41) is 5.47. The van der Waals surface area contributed by atoms with Gasteiger partial charge in [-0.2, -0.15) is 0 Å². The number of halogens is 2. The van der Waals surface area contributed by atoms with Crippen LogP contribution in [0.15, 0.2) is 18.2 Å². The number of carbonyl (C=O) groups excluding carboxylic acids is 1. The molecule has 1 unspecified atom stereocenters. The van der Waals surface area contributed by atoms with E-state index in [9.17, 15) is 9.18 Å². The van der Waals surface area contributed by atoms with Crippen molar-refractivity contribution in [3.05, 3.63) is 24.0 Å². The monoisotopic (exact) mass is 304 g/mol. The maximum Gasteiger partial charge on any atom is 0.228 e. The minimum Gasteiger partial charge on any atom is -0.491 e. The Kier molecular flexibility index (Phi) is 8.18. The maximum atomic E-state index is 13.8. The van der Waals surface area contributed by atoms with Gasteiger partial charge in [-0.05, 0) is 33.0 Å². The largest absolute Gasteiger partial charge is 0.491 e. The van der Waals surface area contributed by atoms with E-state index in [1.54, 1.807) is 20.0 Å². The highest BCUT2D eigenvalue weighted by Gasteiger charge is 2.14. The molecule has 4 nitrogen and oxygen atoms in total. The van der Waals surface area contributed by atoms with E-state index in [1.807, 2.05) is 13.8 Å². The van der Waals surface area contributed by atoms with Crippen molar-refractivity contribution in [1.29, 1.82) is 0 Å². The summed E-state index contributed by atoms with van der Waals surface area (Å²) in [6.07, 6.45) is -0.0181. The molecular formula is C14H22ClFN2O2. The van der Waals surface area contributed by atoms with E-state index in [1.165, 1.54) is 12.1 Å². The number of amides is 1. The SMILES string of the molecule is CNCC(C)C(=O)Nc1ccc(OC(C)C)cc1F.Cl. The summed E-state index contributed by atoms with van der Waals surface area (Å²) in [6.45, 7) is 6.06. The Hall–Kier alpha value is -1.33. The first-order chi connectivity index (χ1) is 8.93. The van der Waals surface area contributed by atoms with Crippen LogP contribution in [0.2, 0.25) is 0 Å². The van der Waals surface area contributed by atoms with Gasteiger partial charge in [0.25, 0.3) is 0 Å². The molecule has 1 aromatic carbocycles. The number of hydrogen-bond donors (Lipinski definition) is 2. The molecule has 0 saturated heterocycles. The molecule has 6 heteroatoms. The van der Waals surface area contributed by atoms with Gasteiger partial charge in [-0.3, -0.25) is 4.79 Å². The van der Waals surface area contributed by atoms with Gasteiger partial charge in [0.05, 0.1) is 11.8 Å². The summed E-state index contributed by atoms with van der Waals surface area (Å²) in [6, 6.07) is 4.43. The van der Waals surface area contributed by atoms with Crippen LogP contribution in [-0.4, -0.2) is 25.6 Å². The predicted octanol–water partition coefficient (Wildman–Crippen LogP) is 2.83. The van der Waals surface area contributed by atoms with E-state index in [4.69, 9.17) is 4.74 Å². The normalized spacial score (nSPS) is 11.7. The van der Waals surface area contributed by atoms with Gasteiger partial charge in [0.1, 0.15) is 11.6 Å². The minimum atomic E-state index is -0.497. The lowest BCUT2D eigenvalue weighted by Gasteiger charge is -2.14. The van der Waals surface area contributed by atoms with Gasteiger partial charge in [0, 0.05) is 18.5 Å². The van der Waals surface area contributed by atoms with Gasteiger partial charge in [0.15, 0.2) is 0 Å². The smallest absolute Gasteiger partial charge is 0.228 e. The molecule has 1 aromatic rings. The summed E-state index contributed by atoms with van der Waals surface area (Å²) < 4.78 is 19.2. The standard InChI is InChI=1S/C14H21FN2O2.ClH/c1-9(2)19-11-5-6-13(12(15)7-11)17-14(18)10(3)8-16-4;/h5-7,9-10,16H,8H2,1-4H3,(H,17,18);1H. The van der Waals surface area contributed by atoms with E-state index in [0.717, 1.165) is 0 Å². The van der Waals surface area contributed by atoms with E-state index < -0.39 is 5.82 Å². The quantitative estimate of drug-likeness (QED) is 0.849. The average Bonchev–Trinajstić information content (AvgIpc) is 2.32. The number of carbonyl (C=O) groups is 1. The fourth-order valence-corrected chi connectivity index (χ4v) is 1.60. The third-order valence-corrected chi connectivity index (χ3v) is 2.53. The number of benzene rings is 1. The van der Waals surface area contributed by atoms with Crippen molar-refractivity contribution in [2.24, 2.45) is 5.92 Å². The highest BCUT2D eigenvalue weighted by molar-refractivity contribution is 5.92. The second-order valence-electron chi connectivity index (χ2n) is 4.76. The van der Waals surface area contributed by atoms with Gasteiger partial charge in [-0.1, -0.05) is 6.92 Å². The Morgan fingerprint density at radius 2 is 2.00 bits per heavy atom. The summed E-state index contributed by atoms with van der Waals surface area (Å²) >= 11 is 0. The van der Waals surface area contributed by atoms with Crippen molar-refractivity contribution in [2.45, 2.75) is 26.9 Å². The second kappa shape index (κ2) is 8.76. The molecule has 0 radical (unpaired) electrons. The number of ether oxygens (including phenoxy) is 1. The highest BCUT2D eigenvalue weighted by atomic mass is 35.5. The first-order valence-electron chi connectivity index (χ1n) is 6.35. The van der Waals surface area contributed by atoms with Gasteiger partial charge >= 0.3 is 0 Å². The van der Waals surface area contributed by atoms with Crippen molar-refractivity contribution < 1.29 is 13.9 Å². The van der Waals surface area contributed by atoms with E-state index in [-0.39, 0.29) is 36.0 Å². The lowest BCUT2D eigenvalue weighted by atomic mass is 10.1. The zero-order valence-corrected chi connectivity index (χ0v) is 13.0. The molecule has 0 aliphatic carbocycles. The van der Waals surface area contributed by atoms with Crippen LogP contribution in [-0.2, 0) is 4.79 Å². The van der Waals surface area contributed by atoms with Crippen molar-refractivity contribution in [2.75, 3.05) is 18.9 Å². The maximum absolute atomic E-state index is 13.8. The zero-order valence-electron chi connectivity index (χ0n) is 12.2. The Balaban J connectivity index is 0.00000361.